The molecule has 0 heterocycles. The lowest BCUT2D eigenvalue weighted by molar-refractivity contribution is -0.138. The van der Waals surface area contributed by atoms with Gasteiger partial charge in [-0.25, -0.2) is 0 Å². The predicted octanol–water partition coefficient (Wildman–Crippen LogP) is 4.93. The van der Waals surface area contributed by atoms with Crippen molar-refractivity contribution in [3.63, 3.8) is 0 Å². The second-order valence-corrected chi connectivity index (χ2v) is 9.34. The van der Waals surface area contributed by atoms with Gasteiger partial charge < -0.3 is 16.2 Å². The van der Waals surface area contributed by atoms with Crippen LogP contribution < -0.4 is 11.1 Å². The van der Waals surface area contributed by atoms with Gasteiger partial charge >= 0.3 is 5.97 Å². The van der Waals surface area contributed by atoms with Gasteiger partial charge in [0.15, 0.2) is 0 Å². The maximum Gasteiger partial charge on any atom is 0.320 e. The summed E-state index contributed by atoms with van der Waals surface area (Å²) in [6.07, 6.45) is 3.87. The van der Waals surface area contributed by atoms with Crippen LogP contribution in [0.1, 0.15) is 52.2 Å². The Kier molecular flexibility index (Phi) is 7.43. The Hall–Kier alpha value is -3.44. The fourth-order valence-electron chi connectivity index (χ4n) is 4.58. The van der Waals surface area contributed by atoms with E-state index < -0.39 is 12.0 Å². The van der Waals surface area contributed by atoms with E-state index in [-0.39, 0.29) is 18.2 Å². The Morgan fingerprint density at radius 1 is 1.00 bits per heavy atom. The van der Waals surface area contributed by atoms with Crippen LogP contribution in [0.15, 0.2) is 72.8 Å². The fourth-order valence-corrected chi connectivity index (χ4v) is 4.58. The van der Waals surface area contributed by atoms with Gasteiger partial charge in [-0.2, -0.15) is 0 Å². The van der Waals surface area contributed by atoms with Crippen LogP contribution >= 0.6 is 0 Å². The van der Waals surface area contributed by atoms with E-state index in [0.29, 0.717) is 18.0 Å². The maximum atomic E-state index is 12.8. The Balaban J connectivity index is 1.41. The van der Waals surface area contributed by atoms with Crippen LogP contribution in [0.4, 0.5) is 0 Å². The molecule has 0 radical (unpaired) electrons. The number of hydrogen-bond acceptors (Lipinski definition) is 3. The van der Waals surface area contributed by atoms with Crippen molar-refractivity contribution in [2.75, 3.05) is 6.54 Å². The summed E-state index contributed by atoms with van der Waals surface area (Å²) in [5, 5.41) is 12.1. The molecule has 0 aromatic heterocycles. The molecule has 0 bridgehead atoms. The normalized spacial score (nSPS) is 15.2. The van der Waals surface area contributed by atoms with E-state index in [1.54, 1.807) is 24.3 Å². The molecular formula is C29H32N2O3. The van der Waals surface area contributed by atoms with Gasteiger partial charge in [0.1, 0.15) is 6.04 Å². The quantitative estimate of drug-likeness (QED) is 0.426. The number of carboxylic acids is 1. The highest BCUT2D eigenvalue weighted by Gasteiger charge is 2.29. The van der Waals surface area contributed by atoms with Crippen molar-refractivity contribution in [1.82, 2.24) is 5.32 Å². The number of benzene rings is 3. The van der Waals surface area contributed by atoms with Crippen LogP contribution in [0.5, 0.6) is 0 Å². The molecule has 5 heteroatoms. The van der Waals surface area contributed by atoms with Crippen LogP contribution in [0.25, 0.3) is 11.1 Å². The molecule has 176 valence electrons. The molecule has 4 N–H and O–H groups in total. The standard InChI is InChI=1S/C29H32N2O3/c1-19-4-2-7-25(16-19)21-12-14-23(15-13-21)26(22-5-3-6-22)18-31-28(32)24-10-8-20(9-11-24)17-27(30)29(33)34/h2,4,7-16,22,26-27H,3,5-6,17-18,30H2,1H3,(H,31,32)(H,33,34)/t26-,27+/m1/s1. The maximum absolute atomic E-state index is 12.8. The highest BCUT2D eigenvalue weighted by atomic mass is 16.4. The summed E-state index contributed by atoms with van der Waals surface area (Å²) in [5.74, 6) is -0.271. The number of nitrogens with two attached hydrogens (primary N) is 1. The number of carboxylic acid groups (broad SMARTS) is 1. The molecule has 0 aliphatic heterocycles. The number of rotatable bonds is 9. The first-order chi connectivity index (χ1) is 16.4. The first-order valence-corrected chi connectivity index (χ1v) is 11.9. The Bertz CT molecular complexity index is 1130. The van der Waals surface area contributed by atoms with E-state index in [0.717, 1.165) is 5.56 Å². The summed E-state index contributed by atoms with van der Waals surface area (Å²) in [6.45, 7) is 2.70. The van der Waals surface area contributed by atoms with Crippen LogP contribution in [-0.4, -0.2) is 29.6 Å². The molecule has 3 aromatic carbocycles. The zero-order valence-electron chi connectivity index (χ0n) is 19.5. The zero-order valence-corrected chi connectivity index (χ0v) is 19.5. The van der Waals surface area contributed by atoms with Crippen LogP contribution in [-0.2, 0) is 11.2 Å². The molecule has 5 nitrogen and oxygen atoms in total. The van der Waals surface area contributed by atoms with Gasteiger partial charge in [0.2, 0.25) is 0 Å². The molecule has 34 heavy (non-hydrogen) atoms. The van der Waals surface area contributed by atoms with Crippen LogP contribution in [0.2, 0.25) is 0 Å². The monoisotopic (exact) mass is 456 g/mol. The van der Waals surface area contributed by atoms with Crippen molar-refractivity contribution in [3.8, 4) is 11.1 Å². The third-order valence-corrected chi connectivity index (χ3v) is 6.88. The van der Waals surface area contributed by atoms with Crippen molar-refractivity contribution in [2.45, 2.75) is 44.6 Å². The molecule has 1 fully saturated rings. The van der Waals surface area contributed by atoms with E-state index >= 15 is 0 Å². The highest BCUT2D eigenvalue weighted by Crippen LogP contribution is 2.39. The van der Waals surface area contributed by atoms with Gasteiger partial charge in [-0.05, 0) is 66.5 Å². The van der Waals surface area contributed by atoms with Crippen molar-refractivity contribution >= 4 is 11.9 Å². The fraction of sp³-hybridized carbons (Fsp3) is 0.310. The van der Waals surface area contributed by atoms with Crippen molar-refractivity contribution in [3.05, 3.63) is 95.1 Å². The molecule has 1 saturated carbocycles. The summed E-state index contributed by atoms with van der Waals surface area (Å²) in [5.41, 5.74) is 11.9. The molecule has 0 spiro atoms. The van der Waals surface area contributed by atoms with E-state index in [4.69, 9.17) is 10.8 Å². The largest absolute Gasteiger partial charge is 0.480 e. The SMILES string of the molecule is Cc1cccc(-c2ccc([C@H](CNC(=O)c3ccc(C[C@H](N)C(=O)O)cc3)C3CCC3)cc2)c1. The van der Waals surface area contributed by atoms with Crippen LogP contribution in [0.3, 0.4) is 0 Å². The van der Waals surface area contributed by atoms with E-state index in [1.807, 2.05) is 0 Å². The molecule has 0 unspecified atom stereocenters. The molecule has 2 atom stereocenters. The highest BCUT2D eigenvalue weighted by molar-refractivity contribution is 5.94. The third kappa shape index (κ3) is 5.72. The number of amides is 1. The van der Waals surface area contributed by atoms with Gasteiger partial charge in [-0.1, -0.05) is 72.6 Å². The molecule has 1 aliphatic carbocycles. The zero-order chi connectivity index (χ0) is 24.1. The van der Waals surface area contributed by atoms with Crippen molar-refractivity contribution in [1.29, 1.82) is 0 Å². The summed E-state index contributed by atoms with van der Waals surface area (Å²) >= 11 is 0. The second kappa shape index (κ2) is 10.7. The minimum atomic E-state index is -1.03. The van der Waals surface area contributed by atoms with E-state index in [9.17, 15) is 9.59 Å². The molecule has 3 aromatic rings. The summed E-state index contributed by atoms with van der Waals surface area (Å²) in [7, 11) is 0. The first kappa shape index (κ1) is 23.7. The average molecular weight is 457 g/mol. The minimum absolute atomic E-state index is 0.116. The molecule has 1 amide bonds. The molecule has 4 rings (SSSR count). The number of carbonyl (C=O) groups excluding carboxylic acids is 1. The predicted molar refractivity (Wildman–Crippen MR) is 135 cm³/mol. The lowest BCUT2D eigenvalue weighted by atomic mass is 9.73. The van der Waals surface area contributed by atoms with Crippen LogP contribution in [0, 0.1) is 12.8 Å². The van der Waals surface area contributed by atoms with E-state index in [2.05, 4.69) is 60.8 Å². The van der Waals surface area contributed by atoms with Gasteiger partial charge in [0.25, 0.3) is 5.91 Å². The van der Waals surface area contributed by atoms with Gasteiger partial charge in [-0.3, -0.25) is 9.59 Å². The first-order valence-electron chi connectivity index (χ1n) is 11.9. The number of carbonyl (C=O) groups is 2. The Labute approximate surface area is 201 Å². The number of nitrogens with one attached hydrogen (secondary N) is 1. The van der Waals surface area contributed by atoms with Gasteiger partial charge in [-0.15, -0.1) is 0 Å². The van der Waals surface area contributed by atoms with Gasteiger partial charge in [0, 0.05) is 18.0 Å². The van der Waals surface area contributed by atoms with Crippen molar-refractivity contribution < 1.29 is 14.7 Å². The summed E-state index contributed by atoms with van der Waals surface area (Å²) in [6, 6.07) is 23.3. The lowest BCUT2D eigenvalue weighted by Gasteiger charge is -2.34. The Morgan fingerprint density at radius 3 is 2.29 bits per heavy atom. The molecule has 1 aliphatic rings. The van der Waals surface area contributed by atoms with Crippen molar-refractivity contribution in [2.24, 2.45) is 11.7 Å². The minimum Gasteiger partial charge on any atom is -0.480 e. The molecule has 0 saturated heterocycles. The smallest absolute Gasteiger partial charge is 0.320 e. The second-order valence-electron chi connectivity index (χ2n) is 9.34. The average Bonchev–Trinajstić information content (AvgIpc) is 2.81. The summed E-state index contributed by atoms with van der Waals surface area (Å²) < 4.78 is 0. The number of aliphatic carboxylic acids is 1. The number of aryl methyl sites for hydroxylation is 1. The molecular weight excluding hydrogens is 424 g/mol. The van der Waals surface area contributed by atoms with Gasteiger partial charge in [0.05, 0.1) is 0 Å². The Morgan fingerprint density at radius 2 is 1.71 bits per heavy atom. The van der Waals surface area contributed by atoms with E-state index in [1.165, 1.54) is 41.5 Å². The topological polar surface area (TPSA) is 92.4 Å². The summed E-state index contributed by atoms with van der Waals surface area (Å²) in [4.78, 5) is 23.7. The number of hydrogen-bond donors (Lipinski definition) is 3. The lowest BCUT2D eigenvalue weighted by Crippen LogP contribution is -2.34. The third-order valence-electron chi connectivity index (χ3n) is 6.88.